The Morgan fingerprint density at radius 1 is 1.19 bits per heavy atom. The molecule has 0 unspecified atom stereocenters. The van der Waals surface area contributed by atoms with Crippen molar-refractivity contribution in [1.82, 2.24) is 24.1 Å². The maximum Gasteiger partial charge on any atom is 0.266 e. The number of hydrogen-bond acceptors (Lipinski definition) is 6. The van der Waals surface area contributed by atoms with Crippen LogP contribution in [0.5, 0.6) is 0 Å². The Bertz CT molecular complexity index is 1190. The van der Waals surface area contributed by atoms with Gasteiger partial charge in [0.15, 0.2) is 4.96 Å². The number of nitrogens with zero attached hydrogens (tertiary/aromatic N) is 5. The molecule has 0 atom stereocenters. The monoisotopic (exact) mass is 365 g/mol. The molecule has 0 radical (unpaired) electrons. The van der Waals surface area contributed by atoms with Crippen LogP contribution in [0.3, 0.4) is 0 Å². The van der Waals surface area contributed by atoms with Crippen molar-refractivity contribution in [2.45, 2.75) is 19.9 Å². The summed E-state index contributed by atoms with van der Waals surface area (Å²) in [6.07, 6.45) is 5.48. The molecule has 4 aromatic rings. The molecule has 7 nitrogen and oxygen atoms in total. The number of aromatic nitrogens is 5. The van der Waals surface area contributed by atoms with E-state index in [0.29, 0.717) is 34.9 Å². The summed E-state index contributed by atoms with van der Waals surface area (Å²) in [6.45, 7) is 2.12. The highest BCUT2D eigenvalue weighted by atomic mass is 32.1. The highest BCUT2D eigenvalue weighted by Gasteiger charge is 2.11. The van der Waals surface area contributed by atoms with Crippen molar-refractivity contribution < 1.29 is 0 Å². The van der Waals surface area contributed by atoms with Gasteiger partial charge in [0, 0.05) is 53.4 Å². The predicted octanol–water partition coefficient (Wildman–Crippen LogP) is 1.93. The Labute approximate surface area is 152 Å². The van der Waals surface area contributed by atoms with Crippen LogP contribution in [-0.2, 0) is 13.0 Å². The number of thiazole rings is 1. The standard InChI is InChI=1S/C18H15N5O2S/c1-12-14(17(25)22-9-10-26-18(22)20-12)6-8-23-16(24)5-4-15(21-23)13-3-2-7-19-11-13/h2-5,7,9-11H,6,8H2,1H3. The molecular formula is C18H15N5O2S. The average molecular weight is 365 g/mol. The van der Waals surface area contributed by atoms with Crippen LogP contribution >= 0.6 is 11.3 Å². The normalized spacial score (nSPS) is 11.1. The quantitative estimate of drug-likeness (QED) is 0.552. The first-order valence-corrected chi connectivity index (χ1v) is 8.95. The average Bonchev–Trinajstić information content (AvgIpc) is 3.12. The second-order valence-corrected chi connectivity index (χ2v) is 6.68. The summed E-state index contributed by atoms with van der Waals surface area (Å²) < 4.78 is 2.92. The number of rotatable bonds is 4. The zero-order valence-electron chi connectivity index (χ0n) is 14.0. The largest absolute Gasteiger partial charge is 0.269 e. The second-order valence-electron chi connectivity index (χ2n) is 5.81. The zero-order chi connectivity index (χ0) is 18.1. The third-order valence-corrected chi connectivity index (χ3v) is 4.92. The Balaban J connectivity index is 1.67. The molecule has 0 fully saturated rings. The highest BCUT2D eigenvalue weighted by Crippen LogP contribution is 2.13. The molecule has 8 heteroatoms. The molecular weight excluding hydrogens is 350 g/mol. The van der Waals surface area contributed by atoms with Gasteiger partial charge in [0.25, 0.3) is 11.1 Å². The van der Waals surface area contributed by atoms with E-state index in [1.165, 1.54) is 26.5 Å². The van der Waals surface area contributed by atoms with Crippen LogP contribution in [0.2, 0.25) is 0 Å². The molecule has 0 saturated carbocycles. The fraction of sp³-hybridized carbons (Fsp3) is 0.167. The maximum atomic E-state index is 12.6. The summed E-state index contributed by atoms with van der Waals surface area (Å²) in [5, 5.41) is 6.24. The fourth-order valence-corrected chi connectivity index (χ4v) is 3.55. The maximum absolute atomic E-state index is 12.6. The van der Waals surface area contributed by atoms with Gasteiger partial charge in [-0.1, -0.05) is 0 Å². The van der Waals surface area contributed by atoms with Crippen molar-refractivity contribution in [3.63, 3.8) is 0 Å². The topological polar surface area (TPSA) is 82.2 Å². The van der Waals surface area contributed by atoms with Gasteiger partial charge in [-0.3, -0.25) is 19.0 Å². The molecule has 4 heterocycles. The lowest BCUT2D eigenvalue weighted by molar-refractivity contribution is 0.576. The Kier molecular flexibility index (Phi) is 4.18. The van der Waals surface area contributed by atoms with Gasteiger partial charge in [0.05, 0.1) is 5.69 Å². The van der Waals surface area contributed by atoms with Crippen LogP contribution in [0.4, 0.5) is 0 Å². The molecule has 0 aliphatic carbocycles. The number of aryl methyl sites for hydroxylation is 2. The van der Waals surface area contributed by atoms with Crippen molar-refractivity contribution in [2.24, 2.45) is 0 Å². The Morgan fingerprint density at radius 3 is 2.88 bits per heavy atom. The number of fused-ring (bicyclic) bond motifs is 1. The smallest absolute Gasteiger partial charge is 0.266 e. The van der Waals surface area contributed by atoms with Crippen LogP contribution in [-0.4, -0.2) is 24.1 Å². The molecule has 0 spiro atoms. The lowest BCUT2D eigenvalue weighted by Gasteiger charge is -2.08. The summed E-state index contributed by atoms with van der Waals surface area (Å²) >= 11 is 1.42. The van der Waals surface area contributed by atoms with Crippen LogP contribution in [0.1, 0.15) is 11.3 Å². The molecule has 0 N–H and O–H groups in total. The van der Waals surface area contributed by atoms with E-state index < -0.39 is 0 Å². The van der Waals surface area contributed by atoms with E-state index >= 15 is 0 Å². The van der Waals surface area contributed by atoms with E-state index in [9.17, 15) is 9.59 Å². The molecule has 0 bridgehead atoms. The Morgan fingerprint density at radius 2 is 2.08 bits per heavy atom. The summed E-state index contributed by atoms with van der Waals surface area (Å²) in [6, 6.07) is 6.86. The lowest BCUT2D eigenvalue weighted by atomic mass is 10.1. The summed E-state index contributed by atoms with van der Waals surface area (Å²) in [5.74, 6) is 0. The van der Waals surface area contributed by atoms with Gasteiger partial charge in [-0.2, -0.15) is 5.10 Å². The minimum atomic E-state index is -0.208. The van der Waals surface area contributed by atoms with Gasteiger partial charge in [0.2, 0.25) is 0 Å². The third kappa shape index (κ3) is 2.95. The van der Waals surface area contributed by atoms with Crippen molar-refractivity contribution in [3.05, 3.63) is 80.2 Å². The van der Waals surface area contributed by atoms with E-state index in [4.69, 9.17) is 0 Å². The predicted molar refractivity (Wildman–Crippen MR) is 99.5 cm³/mol. The van der Waals surface area contributed by atoms with E-state index in [1.807, 2.05) is 24.4 Å². The van der Waals surface area contributed by atoms with Gasteiger partial charge in [-0.15, -0.1) is 11.3 Å². The molecule has 0 aromatic carbocycles. The molecule has 0 saturated heterocycles. The first-order chi connectivity index (χ1) is 12.6. The lowest BCUT2D eigenvalue weighted by Crippen LogP contribution is -2.26. The van der Waals surface area contributed by atoms with Gasteiger partial charge in [-0.25, -0.2) is 9.67 Å². The molecule has 0 amide bonds. The van der Waals surface area contributed by atoms with Crippen LogP contribution in [0, 0.1) is 6.92 Å². The summed E-state index contributed by atoms with van der Waals surface area (Å²) in [7, 11) is 0. The van der Waals surface area contributed by atoms with Gasteiger partial charge in [-0.05, 0) is 31.5 Å². The third-order valence-electron chi connectivity index (χ3n) is 4.16. The molecule has 4 aromatic heterocycles. The SMILES string of the molecule is Cc1nc2sccn2c(=O)c1CCn1nc(-c2cccnc2)ccc1=O. The van der Waals surface area contributed by atoms with E-state index in [2.05, 4.69) is 15.1 Å². The van der Waals surface area contributed by atoms with Crippen molar-refractivity contribution >= 4 is 16.3 Å². The first-order valence-electron chi connectivity index (χ1n) is 8.07. The molecule has 0 aliphatic rings. The van der Waals surface area contributed by atoms with Crippen LogP contribution in [0.25, 0.3) is 16.2 Å². The zero-order valence-corrected chi connectivity index (χ0v) is 14.8. The van der Waals surface area contributed by atoms with E-state index in [1.54, 1.807) is 24.7 Å². The summed E-state index contributed by atoms with van der Waals surface area (Å²) in [5.41, 5.74) is 2.48. The van der Waals surface area contributed by atoms with Crippen molar-refractivity contribution in [2.75, 3.05) is 0 Å². The van der Waals surface area contributed by atoms with Crippen molar-refractivity contribution in [3.8, 4) is 11.3 Å². The number of pyridine rings is 1. The van der Waals surface area contributed by atoms with Crippen molar-refractivity contribution in [1.29, 1.82) is 0 Å². The molecule has 130 valence electrons. The van der Waals surface area contributed by atoms with Crippen LogP contribution in [0.15, 0.2) is 57.8 Å². The fourth-order valence-electron chi connectivity index (χ4n) is 2.80. The minimum absolute atomic E-state index is 0.0924. The van der Waals surface area contributed by atoms with Gasteiger partial charge >= 0.3 is 0 Å². The van der Waals surface area contributed by atoms with Gasteiger partial charge in [0.1, 0.15) is 0 Å². The minimum Gasteiger partial charge on any atom is -0.269 e. The molecule has 4 rings (SSSR count). The molecule has 26 heavy (non-hydrogen) atoms. The first kappa shape index (κ1) is 16.3. The van der Waals surface area contributed by atoms with Gasteiger partial charge < -0.3 is 0 Å². The van der Waals surface area contributed by atoms with E-state index in [0.717, 1.165) is 5.56 Å². The summed E-state index contributed by atoms with van der Waals surface area (Å²) in [4.78, 5) is 34.0. The molecule has 0 aliphatic heterocycles. The van der Waals surface area contributed by atoms with Crippen LogP contribution < -0.4 is 11.1 Å². The number of hydrogen-bond donors (Lipinski definition) is 0. The second kappa shape index (κ2) is 6.64. The Hall–Kier alpha value is -3.13. The highest BCUT2D eigenvalue weighted by molar-refractivity contribution is 7.15. The van der Waals surface area contributed by atoms with E-state index in [-0.39, 0.29) is 11.1 Å².